The van der Waals surface area contributed by atoms with E-state index in [-0.39, 0.29) is 6.04 Å². The molecule has 6 heteroatoms. The number of oxazole rings is 1. The number of thioether (sulfide) groups is 1. The van der Waals surface area contributed by atoms with Crippen LogP contribution >= 0.6 is 11.8 Å². The van der Waals surface area contributed by atoms with E-state index in [1.165, 1.54) is 0 Å². The molecule has 2 aromatic rings. The summed E-state index contributed by atoms with van der Waals surface area (Å²) in [5, 5.41) is 4.00. The Morgan fingerprint density at radius 1 is 1.35 bits per heavy atom. The van der Waals surface area contributed by atoms with E-state index in [0.29, 0.717) is 12.0 Å². The Balaban J connectivity index is 1.69. The number of fused-ring (bicyclic) bond motifs is 1. The lowest BCUT2D eigenvalue weighted by atomic mass is 10.1. The summed E-state index contributed by atoms with van der Waals surface area (Å²) in [5.41, 5.74) is 2.06. The molecule has 1 unspecified atom stereocenters. The van der Waals surface area contributed by atoms with Crippen molar-refractivity contribution in [2.45, 2.75) is 18.2 Å². The van der Waals surface area contributed by atoms with Gasteiger partial charge < -0.3 is 19.2 Å². The summed E-state index contributed by atoms with van der Waals surface area (Å²) in [6.45, 7) is 2.22. The van der Waals surface area contributed by atoms with E-state index < -0.39 is 0 Å². The van der Waals surface area contributed by atoms with Crippen LogP contribution in [0.1, 0.15) is 17.3 Å². The monoisotopic (exact) mass is 292 g/mol. The lowest BCUT2D eigenvalue weighted by molar-refractivity contribution is 0.174. The minimum absolute atomic E-state index is 0.196. The van der Waals surface area contributed by atoms with Gasteiger partial charge in [0, 0.05) is 11.8 Å². The molecule has 0 spiro atoms. The lowest BCUT2D eigenvalue weighted by Gasteiger charge is -2.15. The second-order valence-electron chi connectivity index (χ2n) is 4.52. The normalized spacial score (nSPS) is 14.5. The Hall–Kier alpha value is -1.66. The summed E-state index contributed by atoms with van der Waals surface area (Å²) in [6.07, 6.45) is 1.66. The summed E-state index contributed by atoms with van der Waals surface area (Å²) in [7, 11) is 1.94. The number of nitrogens with one attached hydrogen (secondary N) is 1. The molecule has 2 heterocycles. The topological polar surface area (TPSA) is 56.5 Å². The molecule has 0 bridgehead atoms. The maximum atomic E-state index is 5.41. The maximum absolute atomic E-state index is 5.41. The van der Waals surface area contributed by atoms with Gasteiger partial charge in [0.25, 0.3) is 5.22 Å². The van der Waals surface area contributed by atoms with Crippen LogP contribution in [0.4, 0.5) is 0 Å². The van der Waals surface area contributed by atoms with Crippen LogP contribution in [0.15, 0.2) is 34.1 Å². The lowest BCUT2D eigenvalue weighted by Crippen LogP contribution is -2.18. The first-order valence-corrected chi connectivity index (χ1v) is 7.36. The predicted octanol–water partition coefficient (Wildman–Crippen LogP) is 2.76. The highest BCUT2D eigenvalue weighted by Crippen LogP contribution is 2.35. The molecule has 0 amide bonds. The Morgan fingerprint density at radius 2 is 2.20 bits per heavy atom. The van der Waals surface area contributed by atoms with Crippen LogP contribution in [0.25, 0.3) is 0 Å². The highest BCUT2D eigenvalue weighted by Gasteiger charge is 2.18. The number of rotatable bonds is 5. The molecule has 3 rings (SSSR count). The van der Waals surface area contributed by atoms with E-state index in [1.54, 1.807) is 18.0 Å². The van der Waals surface area contributed by atoms with E-state index in [9.17, 15) is 0 Å². The summed E-state index contributed by atoms with van der Waals surface area (Å²) in [6, 6.07) is 6.21. The molecule has 0 aliphatic carbocycles. The third kappa shape index (κ3) is 2.76. The Morgan fingerprint density at radius 3 is 2.95 bits per heavy atom. The molecule has 1 aliphatic heterocycles. The molecular weight excluding hydrogens is 276 g/mol. The summed E-state index contributed by atoms with van der Waals surface area (Å²) in [4.78, 5) is 4.29. The molecule has 0 saturated heterocycles. The standard InChI is InChI=1S/C14H16N2O3S/c1-9-6-17-14(16-9)20-7-11(15-2)10-3-4-12-13(5-10)19-8-18-12/h3-6,11,15H,7-8H2,1-2H3. The van der Waals surface area contributed by atoms with Crippen molar-refractivity contribution in [3.05, 3.63) is 35.7 Å². The first-order chi connectivity index (χ1) is 9.76. The highest BCUT2D eigenvalue weighted by molar-refractivity contribution is 7.99. The van der Waals surface area contributed by atoms with Gasteiger partial charge in [0.1, 0.15) is 6.26 Å². The van der Waals surface area contributed by atoms with Crippen LogP contribution in [0.5, 0.6) is 11.5 Å². The van der Waals surface area contributed by atoms with E-state index in [2.05, 4.69) is 16.4 Å². The van der Waals surface area contributed by atoms with Crippen LogP contribution in [0.2, 0.25) is 0 Å². The fourth-order valence-corrected chi connectivity index (χ4v) is 3.02. The number of benzene rings is 1. The number of aryl methyl sites for hydroxylation is 1. The van der Waals surface area contributed by atoms with Crippen LogP contribution in [-0.4, -0.2) is 24.6 Å². The number of hydrogen-bond acceptors (Lipinski definition) is 6. The maximum Gasteiger partial charge on any atom is 0.255 e. The Labute approximate surface area is 121 Å². The molecule has 1 atom stereocenters. The molecule has 106 valence electrons. The zero-order valence-corrected chi connectivity index (χ0v) is 12.2. The van der Waals surface area contributed by atoms with Crippen molar-refractivity contribution >= 4 is 11.8 Å². The molecule has 1 N–H and O–H groups in total. The van der Waals surface area contributed by atoms with E-state index in [1.807, 2.05) is 26.1 Å². The van der Waals surface area contributed by atoms with Gasteiger partial charge in [-0.05, 0) is 31.7 Å². The van der Waals surface area contributed by atoms with Crippen molar-refractivity contribution < 1.29 is 13.9 Å². The molecule has 0 radical (unpaired) electrons. The average molecular weight is 292 g/mol. The van der Waals surface area contributed by atoms with Gasteiger partial charge in [-0.3, -0.25) is 0 Å². The van der Waals surface area contributed by atoms with Crippen LogP contribution in [0.3, 0.4) is 0 Å². The predicted molar refractivity (Wildman–Crippen MR) is 76.3 cm³/mol. The van der Waals surface area contributed by atoms with Gasteiger partial charge in [-0.15, -0.1) is 0 Å². The fraction of sp³-hybridized carbons (Fsp3) is 0.357. The summed E-state index contributed by atoms with van der Waals surface area (Å²) in [5.74, 6) is 2.44. The van der Waals surface area contributed by atoms with Gasteiger partial charge >= 0.3 is 0 Å². The number of hydrogen-bond donors (Lipinski definition) is 1. The van der Waals surface area contributed by atoms with Gasteiger partial charge in [0.2, 0.25) is 6.79 Å². The first kappa shape index (κ1) is 13.3. The Bertz CT molecular complexity index is 600. The highest BCUT2D eigenvalue weighted by atomic mass is 32.2. The minimum atomic E-state index is 0.196. The quantitative estimate of drug-likeness (QED) is 0.855. The molecule has 1 aromatic heterocycles. The molecule has 0 fully saturated rings. The minimum Gasteiger partial charge on any atom is -0.454 e. The van der Waals surface area contributed by atoms with Gasteiger partial charge in [-0.25, -0.2) is 4.98 Å². The molecule has 1 aromatic carbocycles. The SMILES string of the molecule is CNC(CSc1nc(C)co1)c1ccc2c(c1)OCO2. The van der Waals surface area contributed by atoms with E-state index >= 15 is 0 Å². The smallest absolute Gasteiger partial charge is 0.255 e. The molecule has 5 nitrogen and oxygen atoms in total. The number of aromatic nitrogens is 1. The zero-order valence-electron chi connectivity index (χ0n) is 11.4. The van der Waals surface area contributed by atoms with Crippen molar-refractivity contribution in [1.29, 1.82) is 0 Å². The Kier molecular flexibility index (Phi) is 3.84. The van der Waals surface area contributed by atoms with Crippen molar-refractivity contribution in [3.63, 3.8) is 0 Å². The van der Waals surface area contributed by atoms with Gasteiger partial charge in [-0.2, -0.15) is 0 Å². The van der Waals surface area contributed by atoms with Gasteiger partial charge in [0.05, 0.1) is 5.69 Å². The van der Waals surface area contributed by atoms with Crippen molar-refractivity contribution in [3.8, 4) is 11.5 Å². The number of nitrogens with zero attached hydrogens (tertiary/aromatic N) is 1. The van der Waals surface area contributed by atoms with Gasteiger partial charge in [-0.1, -0.05) is 17.8 Å². The van der Waals surface area contributed by atoms with E-state index in [4.69, 9.17) is 13.9 Å². The molecular formula is C14H16N2O3S. The third-order valence-corrected chi connectivity index (χ3v) is 4.05. The first-order valence-electron chi connectivity index (χ1n) is 6.38. The molecule has 1 aliphatic rings. The zero-order chi connectivity index (χ0) is 13.9. The van der Waals surface area contributed by atoms with Crippen molar-refractivity contribution in [2.75, 3.05) is 19.6 Å². The summed E-state index contributed by atoms with van der Waals surface area (Å²) < 4.78 is 16.1. The molecule has 0 saturated carbocycles. The third-order valence-electron chi connectivity index (χ3n) is 3.12. The molecule has 20 heavy (non-hydrogen) atoms. The van der Waals surface area contributed by atoms with Crippen LogP contribution in [0, 0.1) is 6.92 Å². The van der Waals surface area contributed by atoms with Crippen molar-refractivity contribution in [2.24, 2.45) is 0 Å². The number of ether oxygens (including phenoxy) is 2. The fourth-order valence-electron chi connectivity index (χ4n) is 2.03. The van der Waals surface area contributed by atoms with Crippen LogP contribution in [-0.2, 0) is 0 Å². The second-order valence-corrected chi connectivity index (χ2v) is 5.49. The average Bonchev–Trinajstić information content (AvgIpc) is 3.07. The second kappa shape index (κ2) is 5.76. The van der Waals surface area contributed by atoms with Crippen molar-refractivity contribution in [1.82, 2.24) is 10.3 Å². The van der Waals surface area contributed by atoms with E-state index in [0.717, 1.165) is 28.5 Å². The van der Waals surface area contributed by atoms with Gasteiger partial charge in [0.15, 0.2) is 11.5 Å². The largest absolute Gasteiger partial charge is 0.454 e. The van der Waals surface area contributed by atoms with Crippen LogP contribution < -0.4 is 14.8 Å². The summed E-state index contributed by atoms with van der Waals surface area (Å²) >= 11 is 1.59.